The number of amidine groups is 1. The second-order valence-electron chi connectivity index (χ2n) is 3.46. The van der Waals surface area contributed by atoms with E-state index in [0.29, 0.717) is 13.0 Å². The maximum Gasteiger partial charge on any atom is 0.326 e. The van der Waals surface area contributed by atoms with Crippen molar-refractivity contribution in [1.29, 1.82) is 5.41 Å². The Hall–Kier alpha value is -1.63. The summed E-state index contributed by atoms with van der Waals surface area (Å²) in [4.78, 5) is 19.6. The molecular formula is C10H21N3O4. The van der Waals surface area contributed by atoms with Crippen molar-refractivity contribution in [3.63, 3.8) is 0 Å². The van der Waals surface area contributed by atoms with Gasteiger partial charge in [-0.3, -0.25) is 10.2 Å². The first-order valence-electron chi connectivity index (χ1n) is 5.25. The molecule has 17 heavy (non-hydrogen) atoms. The van der Waals surface area contributed by atoms with Gasteiger partial charge in [-0.2, -0.15) is 0 Å². The van der Waals surface area contributed by atoms with Gasteiger partial charge in [0.05, 0.1) is 5.84 Å². The fourth-order valence-electron chi connectivity index (χ4n) is 1.01. The van der Waals surface area contributed by atoms with Crippen molar-refractivity contribution in [3.05, 3.63) is 0 Å². The Kier molecular flexibility index (Phi) is 11.4. The molecule has 0 amide bonds. The van der Waals surface area contributed by atoms with Crippen molar-refractivity contribution >= 4 is 17.8 Å². The number of carboxylic acid groups (broad SMARTS) is 2. The minimum atomic E-state index is -0.913. The molecule has 0 spiro atoms. The third kappa shape index (κ3) is 17.0. The predicted molar refractivity (Wildman–Crippen MR) is 64.2 cm³/mol. The molecule has 0 fully saturated rings. The van der Waals surface area contributed by atoms with Gasteiger partial charge in [0.25, 0.3) is 5.97 Å². The van der Waals surface area contributed by atoms with Crippen molar-refractivity contribution in [1.82, 2.24) is 5.32 Å². The first kappa shape index (κ1) is 17.8. The van der Waals surface area contributed by atoms with Crippen LogP contribution < -0.4 is 11.1 Å². The molecule has 0 saturated carbocycles. The Balaban J connectivity index is 0. The van der Waals surface area contributed by atoms with Crippen molar-refractivity contribution in [2.45, 2.75) is 39.2 Å². The van der Waals surface area contributed by atoms with E-state index in [4.69, 9.17) is 26.2 Å². The van der Waals surface area contributed by atoms with Crippen LogP contribution in [-0.2, 0) is 9.59 Å². The second-order valence-corrected chi connectivity index (χ2v) is 3.46. The summed E-state index contributed by atoms with van der Waals surface area (Å²) in [6.07, 6.45) is 2.11. The SMILES string of the molecule is CC(=N)N[C@@H](CCCCN)C(=O)O.CC(=O)O. The zero-order chi connectivity index (χ0) is 13.8. The fourth-order valence-corrected chi connectivity index (χ4v) is 1.01. The van der Waals surface area contributed by atoms with Crippen LogP contribution >= 0.6 is 0 Å². The molecule has 6 N–H and O–H groups in total. The van der Waals surface area contributed by atoms with E-state index < -0.39 is 18.0 Å². The van der Waals surface area contributed by atoms with Crippen LogP contribution in [0, 0.1) is 5.41 Å². The van der Waals surface area contributed by atoms with Gasteiger partial charge in [0.1, 0.15) is 6.04 Å². The second kappa shape index (κ2) is 10.9. The van der Waals surface area contributed by atoms with E-state index in [-0.39, 0.29) is 5.84 Å². The molecule has 7 heteroatoms. The molecule has 1 atom stereocenters. The molecule has 0 aliphatic rings. The third-order valence-electron chi connectivity index (χ3n) is 1.64. The van der Waals surface area contributed by atoms with Gasteiger partial charge in [0.2, 0.25) is 0 Å². The zero-order valence-corrected chi connectivity index (χ0v) is 10.2. The first-order valence-corrected chi connectivity index (χ1v) is 5.25. The van der Waals surface area contributed by atoms with Gasteiger partial charge in [-0.15, -0.1) is 0 Å². The van der Waals surface area contributed by atoms with Crippen LogP contribution in [0.2, 0.25) is 0 Å². The number of nitrogens with two attached hydrogens (primary N) is 1. The number of aliphatic carboxylic acids is 2. The molecule has 0 aromatic heterocycles. The molecule has 0 saturated heterocycles. The van der Waals surface area contributed by atoms with Gasteiger partial charge in [0.15, 0.2) is 0 Å². The summed E-state index contributed by atoms with van der Waals surface area (Å²) in [5, 5.41) is 25.8. The Morgan fingerprint density at radius 2 is 1.76 bits per heavy atom. The lowest BCUT2D eigenvalue weighted by atomic mass is 10.1. The highest BCUT2D eigenvalue weighted by atomic mass is 16.4. The van der Waals surface area contributed by atoms with E-state index in [2.05, 4.69) is 5.32 Å². The summed E-state index contributed by atoms with van der Waals surface area (Å²) in [5.41, 5.74) is 5.28. The predicted octanol–water partition coefficient (Wildman–Crippen LogP) is 0.246. The van der Waals surface area contributed by atoms with E-state index in [1.807, 2.05) is 0 Å². The number of unbranched alkanes of at least 4 members (excludes halogenated alkanes) is 1. The molecule has 0 rings (SSSR count). The standard InChI is InChI=1S/C8H17N3O2.C2H4O2/c1-6(10)11-7(8(12)13)4-2-3-5-9;1-2(3)4/h7H,2-5,9H2,1H3,(H2,10,11)(H,12,13);1H3,(H,3,4)/t7-;/m0./s1. The Labute approximate surface area is 101 Å². The molecule has 7 nitrogen and oxygen atoms in total. The van der Waals surface area contributed by atoms with Crippen molar-refractivity contribution in [2.75, 3.05) is 6.54 Å². The summed E-state index contributed by atoms with van der Waals surface area (Å²) in [7, 11) is 0. The fraction of sp³-hybridized carbons (Fsp3) is 0.700. The van der Waals surface area contributed by atoms with Crippen LogP contribution in [-0.4, -0.2) is 40.6 Å². The summed E-state index contributed by atoms with van der Waals surface area (Å²) in [6, 6.07) is -0.649. The largest absolute Gasteiger partial charge is 0.481 e. The molecule has 0 aromatic rings. The van der Waals surface area contributed by atoms with Crippen molar-refractivity contribution in [2.24, 2.45) is 5.73 Å². The Morgan fingerprint density at radius 3 is 2.06 bits per heavy atom. The molecule has 0 bridgehead atoms. The van der Waals surface area contributed by atoms with Crippen LogP contribution in [0.15, 0.2) is 0 Å². The molecular weight excluding hydrogens is 226 g/mol. The number of nitrogens with one attached hydrogen (secondary N) is 2. The summed E-state index contributed by atoms with van der Waals surface area (Å²) < 4.78 is 0. The maximum absolute atomic E-state index is 10.6. The highest BCUT2D eigenvalue weighted by Gasteiger charge is 2.15. The number of carbonyl (C=O) groups is 2. The van der Waals surface area contributed by atoms with Crippen molar-refractivity contribution in [3.8, 4) is 0 Å². The normalized spacial score (nSPS) is 10.8. The van der Waals surface area contributed by atoms with E-state index >= 15 is 0 Å². The number of carboxylic acids is 2. The van der Waals surface area contributed by atoms with Crippen LogP contribution in [0.4, 0.5) is 0 Å². The molecule has 0 heterocycles. The Bertz CT molecular complexity index is 252. The average Bonchev–Trinajstić information content (AvgIpc) is 2.14. The molecule has 0 unspecified atom stereocenters. The Morgan fingerprint density at radius 1 is 1.29 bits per heavy atom. The highest BCUT2D eigenvalue weighted by molar-refractivity contribution is 5.83. The van der Waals surface area contributed by atoms with Gasteiger partial charge < -0.3 is 21.3 Å². The van der Waals surface area contributed by atoms with Crippen LogP contribution in [0.25, 0.3) is 0 Å². The van der Waals surface area contributed by atoms with E-state index in [1.165, 1.54) is 6.92 Å². The minimum Gasteiger partial charge on any atom is -0.481 e. The first-order chi connectivity index (χ1) is 7.81. The quantitative estimate of drug-likeness (QED) is 0.259. The monoisotopic (exact) mass is 247 g/mol. The molecule has 0 radical (unpaired) electrons. The van der Waals surface area contributed by atoms with Gasteiger partial charge in [0, 0.05) is 6.92 Å². The van der Waals surface area contributed by atoms with E-state index in [1.54, 1.807) is 0 Å². The highest BCUT2D eigenvalue weighted by Crippen LogP contribution is 2.00. The van der Waals surface area contributed by atoms with Crippen LogP contribution in [0.5, 0.6) is 0 Å². The number of hydrogen-bond acceptors (Lipinski definition) is 4. The molecule has 0 aliphatic carbocycles. The molecule has 0 aliphatic heterocycles. The lowest BCUT2D eigenvalue weighted by Crippen LogP contribution is -2.39. The number of rotatable bonds is 6. The van der Waals surface area contributed by atoms with Gasteiger partial charge >= 0.3 is 5.97 Å². The lowest BCUT2D eigenvalue weighted by molar-refractivity contribution is -0.139. The van der Waals surface area contributed by atoms with Crippen LogP contribution in [0.1, 0.15) is 33.1 Å². The van der Waals surface area contributed by atoms with Crippen LogP contribution in [0.3, 0.4) is 0 Å². The summed E-state index contributed by atoms with van der Waals surface area (Å²) >= 11 is 0. The lowest BCUT2D eigenvalue weighted by Gasteiger charge is -2.13. The summed E-state index contributed by atoms with van der Waals surface area (Å²) in [5.74, 6) is -1.57. The molecule has 0 aromatic carbocycles. The smallest absolute Gasteiger partial charge is 0.326 e. The van der Waals surface area contributed by atoms with E-state index in [0.717, 1.165) is 19.8 Å². The molecule has 100 valence electrons. The van der Waals surface area contributed by atoms with Crippen molar-refractivity contribution < 1.29 is 19.8 Å². The minimum absolute atomic E-state index is 0.181. The third-order valence-corrected chi connectivity index (χ3v) is 1.64. The zero-order valence-electron chi connectivity index (χ0n) is 10.2. The van der Waals surface area contributed by atoms with Gasteiger partial charge in [-0.25, -0.2) is 4.79 Å². The average molecular weight is 247 g/mol. The maximum atomic E-state index is 10.6. The topological polar surface area (TPSA) is 136 Å². The summed E-state index contributed by atoms with van der Waals surface area (Å²) in [6.45, 7) is 3.19. The number of hydrogen-bond donors (Lipinski definition) is 5. The van der Waals surface area contributed by atoms with Gasteiger partial charge in [-0.05, 0) is 32.7 Å². The van der Waals surface area contributed by atoms with E-state index in [9.17, 15) is 4.79 Å². The van der Waals surface area contributed by atoms with Gasteiger partial charge in [-0.1, -0.05) is 0 Å².